The van der Waals surface area contributed by atoms with Crippen LogP contribution >= 0.6 is 0 Å². The molecular formula is C5H8NO2. The molecule has 1 amide bonds. The predicted octanol–water partition coefficient (Wildman–Crippen LogP) is 0.319. The van der Waals surface area contributed by atoms with Crippen molar-refractivity contribution in [3.8, 4) is 0 Å². The van der Waals surface area contributed by atoms with Crippen LogP contribution in [-0.4, -0.2) is 19.2 Å². The average Bonchev–Trinajstić information content (AvgIpc) is 2.50. The Balaban J connectivity index is 2.07. The molecule has 0 aliphatic heterocycles. The maximum atomic E-state index is 10.3. The van der Waals surface area contributed by atoms with Crippen LogP contribution in [0.15, 0.2) is 0 Å². The van der Waals surface area contributed by atoms with Crippen molar-refractivity contribution in [1.82, 2.24) is 5.32 Å². The van der Waals surface area contributed by atoms with Crippen LogP contribution < -0.4 is 5.32 Å². The van der Waals surface area contributed by atoms with Gasteiger partial charge in [-0.2, -0.15) is 0 Å². The van der Waals surface area contributed by atoms with Gasteiger partial charge in [-0.1, -0.05) is 0 Å². The highest BCUT2D eigenvalue weighted by Gasteiger charge is 2.25. The lowest BCUT2D eigenvalue weighted by atomic mass is 10.8. The highest BCUT2D eigenvalue weighted by atomic mass is 16.6. The first kappa shape index (κ1) is 5.41. The van der Waals surface area contributed by atoms with Crippen molar-refractivity contribution in [3.63, 3.8) is 0 Å². The third-order valence-corrected chi connectivity index (χ3v) is 0.891. The molecule has 1 aliphatic carbocycles. The number of nitrogens with one attached hydrogen (secondary N) is 1. The van der Waals surface area contributed by atoms with Gasteiger partial charge < -0.3 is 10.1 Å². The van der Waals surface area contributed by atoms with E-state index < -0.39 is 0 Å². The van der Waals surface area contributed by atoms with Gasteiger partial charge >= 0.3 is 6.09 Å². The van der Waals surface area contributed by atoms with E-state index in [0.29, 0.717) is 0 Å². The van der Waals surface area contributed by atoms with E-state index in [4.69, 9.17) is 4.74 Å². The number of carbonyl (C=O) groups is 1. The second-order valence-electron chi connectivity index (χ2n) is 1.67. The zero-order chi connectivity index (χ0) is 5.98. The number of hydrogen-bond acceptors (Lipinski definition) is 2. The zero-order valence-electron chi connectivity index (χ0n) is 4.68. The van der Waals surface area contributed by atoms with Crippen LogP contribution in [-0.2, 0) is 4.74 Å². The number of ether oxygens (including phenoxy) is 1. The summed E-state index contributed by atoms with van der Waals surface area (Å²) in [6.07, 6.45) is 2.58. The minimum absolute atomic E-state index is 0.0925. The largest absolute Gasteiger partial charge is 0.446 e. The normalized spacial score (nSPS) is 17.6. The Hall–Kier alpha value is -0.730. The first-order valence-corrected chi connectivity index (χ1v) is 2.54. The molecule has 0 aromatic carbocycles. The molecule has 1 aliphatic rings. The summed E-state index contributed by atoms with van der Waals surface area (Å²) in [6, 6.07) is 0. The Morgan fingerprint density at radius 1 is 2.00 bits per heavy atom. The van der Waals surface area contributed by atoms with Crippen molar-refractivity contribution in [2.24, 2.45) is 0 Å². The van der Waals surface area contributed by atoms with Gasteiger partial charge in [0.25, 0.3) is 0 Å². The zero-order valence-corrected chi connectivity index (χ0v) is 4.68. The summed E-state index contributed by atoms with van der Waals surface area (Å²) < 4.78 is 4.70. The minimum Gasteiger partial charge on any atom is -0.446 e. The summed E-state index contributed by atoms with van der Waals surface area (Å²) >= 11 is 0. The molecule has 3 heteroatoms. The third kappa shape index (κ3) is 1.40. The SMILES string of the molecule is CNC(=O)OC1[CH]C1. The predicted molar refractivity (Wildman–Crippen MR) is 28.2 cm³/mol. The van der Waals surface area contributed by atoms with E-state index >= 15 is 0 Å². The maximum absolute atomic E-state index is 10.3. The van der Waals surface area contributed by atoms with Crippen LogP contribution in [0.3, 0.4) is 0 Å². The highest BCUT2D eigenvalue weighted by molar-refractivity contribution is 5.67. The molecule has 1 unspecified atom stereocenters. The Bertz CT molecular complexity index is 98.6. The fourth-order valence-corrected chi connectivity index (χ4v) is 0.348. The fourth-order valence-electron chi connectivity index (χ4n) is 0.348. The Morgan fingerprint density at radius 2 is 2.62 bits per heavy atom. The van der Waals surface area contributed by atoms with Crippen LogP contribution in [0.25, 0.3) is 0 Å². The number of hydrogen-bond donors (Lipinski definition) is 1. The van der Waals surface area contributed by atoms with Crippen LogP contribution in [0.1, 0.15) is 6.42 Å². The molecule has 1 fully saturated rings. The Labute approximate surface area is 48.0 Å². The van der Waals surface area contributed by atoms with Crippen molar-refractivity contribution >= 4 is 6.09 Å². The highest BCUT2D eigenvalue weighted by Crippen LogP contribution is 2.21. The number of alkyl carbamates (subject to hydrolysis) is 1. The summed E-state index contributed by atoms with van der Waals surface area (Å²) in [4.78, 5) is 10.3. The van der Waals surface area contributed by atoms with Crippen molar-refractivity contribution in [2.45, 2.75) is 12.5 Å². The molecule has 0 spiro atoms. The molecule has 0 bridgehead atoms. The maximum Gasteiger partial charge on any atom is 0.407 e. The van der Waals surface area contributed by atoms with Gasteiger partial charge in [0, 0.05) is 13.5 Å². The van der Waals surface area contributed by atoms with Crippen LogP contribution in [0.4, 0.5) is 4.79 Å². The van der Waals surface area contributed by atoms with Crippen molar-refractivity contribution < 1.29 is 9.53 Å². The van der Waals surface area contributed by atoms with Gasteiger partial charge in [-0.15, -0.1) is 0 Å². The molecular weight excluding hydrogens is 106 g/mol. The number of rotatable bonds is 1. The Morgan fingerprint density at radius 3 is 3.00 bits per heavy atom. The van der Waals surface area contributed by atoms with Crippen LogP contribution in [0.2, 0.25) is 0 Å². The Kier molecular flexibility index (Phi) is 1.37. The van der Waals surface area contributed by atoms with Gasteiger partial charge in [-0.05, 0) is 6.42 Å². The molecule has 1 saturated carbocycles. The topological polar surface area (TPSA) is 38.3 Å². The number of amides is 1. The van der Waals surface area contributed by atoms with E-state index in [9.17, 15) is 4.79 Å². The molecule has 0 aromatic heterocycles. The van der Waals surface area contributed by atoms with E-state index in [1.54, 1.807) is 7.05 Å². The minimum atomic E-state index is -0.344. The average molecular weight is 114 g/mol. The summed E-state index contributed by atoms with van der Waals surface area (Å²) in [7, 11) is 1.55. The number of carbonyl (C=O) groups excluding carboxylic acids is 1. The third-order valence-electron chi connectivity index (χ3n) is 0.891. The second-order valence-corrected chi connectivity index (χ2v) is 1.67. The van der Waals surface area contributed by atoms with Crippen LogP contribution in [0, 0.1) is 6.42 Å². The molecule has 1 radical (unpaired) electrons. The summed E-state index contributed by atoms with van der Waals surface area (Å²) in [5.41, 5.74) is 0. The van der Waals surface area contributed by atoms with E-state index in [0.717, 1.165) is 6.42 Å². The fraction of sp³-hybridized carbons (Fsp3) is 0.600. The molecule has 3 nitrogen and oxygen atoms in total. The van der Waals surface area contributed by atoms with Crippen molar-refractivity contribution in [3.05, 3.63) is 6.42 Å². The summed E-state index contributed by atoms with van der Waals surface area (Å²) in [5.74, 6) is 0. The molecule has 8 heavy (non-hydrogen) atoms. The summed E-state index contributed by atoms with van der Waals surface area (Å²) in [6.45, 7) is 0. The van der Waals surface area contributed by atoms with Gasteiger partial charge in [-0.3, -0.25) is 0 Å². The van der Waals surface area contributed by atoms with Gasteiger partial charge in [-0.25, -0.2) is 4.79 Å². The van der Waals surface area contributed by atoms with Crippen molar-refractivity contribution in [1.29, 1.82) is 0 Å². The van der Waals surface area contributed by atoms with Crippen LogP contribution in [0.5, 0.6) is 0 Å². The lowest BCUT2D eigenvalue weighted by Gasteiger charge is -1.97. The smallest absolute Gasteiger partial charge is 0.407 e. The van der Waals surface area contributed by atoms with Gasteiger partial charge in [0.05, 0.1) is 0 Å². The molecule has 1 N–H and O–H groups in total. The van der Waals surface area contributed by atoms with E-state index in [1.807, 2.05) is 6.42 Å². The second kappa shape index (κ2) is 2.03. The summed E-state index contributed by atoms with van der Waals surface area (Å²) in [5, 5.41) is 2.36. The van der Waals surface area contributed by atoms with E-state index in [-0.39, 0.29) is 12.2 Å². The standard InChI is InChI=1S/C5H8NO2/c1-6-5(7)8-4-2-3-4/h2,4H,3H2,1H3,(H,6,7). The molecule has 45 valence electrons. The van der Waals surface area contributed by atoms with Crippen molar-refractivity contribution in [2.75, 3.05) is 7.05 Å². The first-order chi connectivity index (χ1) is 3.83. The quantitative estimate of drug-likeness (QED) is 0.533. The van der Waals surface area contributed by atoms with Gasteiger partial charge in [0.15, 0.2) is 0 Å². The lowest BCUT2D eigenvalue weighted by molar-refractivity contribution is 0.145. The molecule has 1 rings (SSSR count). The van der Waals surface area contributed by atoms with E-state index in [2.05, 4.69) is 5.32 Å². The monoisotopic (exact) mass is 114 g/mol. The molecule has 0 aromatic rings. The lowest BCUT2D eigenvalue weighted by Crippen LogP contribution is -2.19. The van der Waals surface area contributed by atoms with Gasteiger partial charge in [0.2, 0.25) is 0 Å². The molecule has 1 atom stereocenters. The van der Waals surface area contributed by atoms with Gasteiger partial charge in [0.1, 0.15) is 6.10 Å². The first-order valence-electron chi connectivity index (χ1n) is 2.54. The molecule has 0 heterocycles. The molecule has 0 saturated heterocycles. The van der Waals surface area contributed by atoms with E-state index in [1.165, 1.54) is 0 Å².